The molecule has 1 rings (SSSR count). The van der Waals surface area contributed by atoms with Crippen molar-refractivity contribution in [2.45, 2.75) is 31.8 Å². The lowest BCUT2D eigenvalue weighted by atomic mass is 10.1. The first-order valence-electron chi connectivity index (χ1n) is 3.95. The summed E-state index contributed by atoms with van der Waals surface area (Å²) >= 11 is 0. The Kier molecular flexibility index (Phi) is 2.36. The van der Waals surface area contributed by atoms with Crippen LogP contribution in [0.15, 0.2) is 4.99 Å². The van der Waals surface area contributed by atoms with Gasteiger partial charge in [-0.3, -0.25) is 15.1 Å². The zero-order valence-electron chi connectivity index (χ0n) is 7.84. The van der Waals surface area contributed by atoms with Gasteiger partial charge in [0.05, 0.1) is 11.8 Å². The molecule has 13 heavy (non-hydrogen) atoms. The van der Waals surface area contributed by atoms with E-state index >= 15 is 0 Å². The molecule has 1 N–H and O–H groups in total. The van der Waals surface area contributed by atoms with Gasteiger partial charge in [-0.05, 0) is 20.9 Å². The smallest absolute Gasteiger partial charge is 0.305 e. The fourth-order valence-corrected chi connectivity index (χ4v) is 1.40. The highest BCUT2D eigenvalue weighted by atomic mass is 16.6. The van der Waals surface area contributed by atoms with E-state index in [2.05, 4.69) is 4.99 Å². The number of hydrogen-bond donors (Lipinski definition) is 1. The molecule has 74 valence electrons. The predicted octanol–water partition coefficient (Wildman–Crippen LogP) is -0.298. The van der Waals surface area contributed by atoms with Crippen LogP contribution in [0.1, 0.15) is 13.8 Å². The average Bonchev–Trinajstić information content (AvgIpc) is 2.28. The molecule has 0 aliphatic carbocycles. The van der Waals surface area contributed by atoms with Gasteiger partial charge in [0.2, 0.25) is 0 Å². The first-order chi connectivity index (χ1) is 5.84. The maximum absolute atomic E-state index is 10.5. The number of hydrogen-bond acceptors (Lipinski definition) is 5. The van der Waals surface area contributed by atoms with Crippen LogP contribution in [0.25, 0.3) is 0 Å². The highest BCUT2D eigenvalue weighted by Crippen LogP contribution is 2.21. The van der Waals surface area contributed by atoms with Crippen molar-refractivity contribution >= 4 is 6.21 Å². The van der Waals surface area contributed by atoms with Crippen LogP contribution in [0, 0.1) is 10.1 Å². The third-order valence-corrected chi connectivity index (χ3v) is 2.01. The van der Waals surface area contributed by atoms with Gasteiger partial charge in [0.15, 0.2) is 0 Å². The van der Waals surface area contributed by atoms with Crippen LogP contribution in [0.3, 0.4) is 0 Å². The second kappa shape index (κ2) is 3.04. The van der Waals surface area contributed by atoms with Crippen molar-refractivity contribution in [1.82, 2.24) is 4.90 Å². The molecular weight excluding hydrogens is 174 g/mol. The van der Waals surface area contributed by atoms with Gasteiger partial charge in [0, 0.05) is 4.92 Å². The normalized spacial score (nSPS) is 29.5. The molecule has 0 aromatic rings. The van der Waals surface area contributed by atoms with Gasteiger partial charge in [-0.25, -0.2) is 4.90 Å². The first kappa shape index (κ1) is 10.1. The Morgan fingerprint density at radius 1 is 1.69 bits per heavy atom. The summed E-state index contributed by atoms with van der Waals surface area (Å²) in [6.07, 6.45) is -0.206. The van der Waals surface area contributed by atoms with Crippen molar-refractivity contribution in [3.63, 3.8) is 0 Å². The van der Waals surface area contributed by atoms with Gasteiger partial charge in [-0.15, -0.1) is 0 Å². The molecule has 2 unspecified atom stereocenters. The molecule has 0 saturated heterocycles. The van der Waals surface area contributed by atoms with Crippen LogP contribution in [0.5, 0.6) is 0 Å². The Bertz CT molecular complexity index is 246. The monoisotopic (exact) mass is 187 g/mol. The lowest BCUT2D eigenvalue weighted by Gasteiger charge is -2.29. The Morgan fingerprint density at radius 2 is 2.23 bits per heavy atom. The number of aliphatic hydroxyl groups is 1. The van der Waals surface area contributed by atoms with Crippen molar-refractivity contribution in [2.24, 2.45) is 4.99 Å². The molecule has 1 heterocycles. The summed E-state index contributed by atoms with van der Waals surface area (Å²) in [5.41, 5.74) is -1.06. The molecule has 1 aliphatic heterocycles. The quantitative estimate of drug-likeness (QED) is 0.475. The van der Waals surface area contributed by atoms with Crippen molar-refractivity contribution in [2.75, 3.05) is 7.05 Å². The molecule has 0 saturated carbocycles. The number of nitro groups is 1. The van der Waals surface area contributed by atoms with Crippen molar-refractivity contribution in [3.8, 4) is 0 Å². The number of rotatable bonds is 2. The zero-order valence-corrected chi connectivity index (χ0v) is 7.84. The summed E-state index contributed by atoms with van der Waals surface area (Å²) in [7, 11) is 1.57. The highest BCUT2D eigenvalue weighted by molar-refractivity contribution is 5.64. The standard InChI is InChI=1S/C7H13N3O3/c1-7(2,11)6-8-4-5(9(6)3)10(12)13/h4-6,11H,1-3H3. The highest BCUT2D eigenvalue weighted by Gasteiger charge is 2.41. The van der Waals surface area contributed by atoms with Crippen LogP contribution in [-0.2, 0) is 0 Å². The molecule has 0 spiro atoms. The van der Waals surface area contributed by atoms with E-state index in [1.807, 2.05) is 0 Å². The summed E-state index contributed by atoms with van der Waals surface area (Å²) in [5, 5.41) is 20.1. The van der Waals surface area contributed by atoms with Crippen molar-refractivity contribution in [3.05, 3.63) is 10.1 Å². The molecule has 6 nitrogen and oxygen atoms in total. The van der Waals surface area contributed by atoms with E-state index in [9.17, 15) is 15.2 Å². The molecule has 0 aromatic carbocycles. The molecular formula is C7H13N3O3. The van der Waals surface area contributed by atoms with E-state index in [1.54, 1.807) is 20.9 Å². The zero-order chi connectivity index (χ0) is 10.2. The number of nitrogens with zero attached hydrogens (tertiary/aromatic N) is 3. The largest absolute Gasteiger partial charge is 0.387 e. The second-order valence-electron chi connectivity index (χ2n) is 3.69. The van der Waals surface area contributed by atoms with Crippen LogP contribution in [0.2, 0.25) is 0 Å². The average molecular weight is 187 g/mol. The summed E-state index contributed by atoms with van der Waals surface area (Å²) in [6, 6.07) is 0. The topological polar surface area (TPSA) is 79.0 Å². The summed E-state index contributed by atoms with van der Waals surface area (Å²) in [5.74, 6) is 0. The van der Waals surface area contributed by atoms with E-state index in [4.69, 9.17) is 0 Å². The van der Waals surface area contributed by atoms with Gasteiger partial charge in [-0.2, -0.15) is 0 Å². The molecule has 0 amide bonds. The molecule has 0 bridgehead atoms. The summed E-state index contributed by atoms with van der Waals surface area (Å²) in [4.78, 5) is 15.4. The SMILES string of the molecule is CN1C([N+](=O)[O-])C=NC1C(C)(C)O. The van der Waals surface area contributed by atoms with Crippen LogP contribution in [-0.4, -0.2) is 46.1 Å². The summed E-state index contributed by atoms with van der Waals surface area (Å²) in [6.45, 7) is 3.15. The third-order valence-electron chi connectivity index (χ3n) is 2.01. The van der Waals surface area contributed by atoms with Crippen LogP contribution < -0.4 is 0 Å². The maximum Gasteiger partial charge on any atom is 0.305 e. The van der Waals surface area contributed by atoms with Gasteiger partial charge in [0.25, 0.3) is 0 Å². The van der Waals surface area contributed by atoms with Gasteiger partial charge < -0.3 is 5.11 Å². The Balaban J connectivity index is 2.78. The van der Waals surface area contributed by atoms with Crippen molar-refractivity contribution in [1.29, 1.82) is 0 Å². The summed E-state index contributed by atoms with van der Waals surface area (Å²) < 4.78 is 0. The lowest BCUT2D eigenvalue weighted by molar-refractivity contribution is -0.527. The van der Waals surface area contributed by atoms with Gasteiger partial charge in [0.1, 0.15) is 6.17 Å². The molecule has 0 fully saturated rings. The predicted molar refractivity (Wildman–Crippen MR) is 47.1 cm³/mol. The molecule has 0 aromatic heterocycles. The fourth-order valence-electron chi connectivity index (χ4n) is 1.40. The molecule has 0 radical (unpaired) electrons. The van der Waals surface area contributed by atoms with E-state index < -0.39 is 22.9 Å². The van der Waals surface area contributed by atoms with Gasteiger partial charge >= 0.3 is 6.17 Å². The minimum atomic E-state index is -1.06. The molecule has 2 atom stereocenters. The minimum absolute atomic E-state index is 0.435. The number of aliphatic imine (C=N–C) groups is 1. The van der Waals surface area contributed by atoms with Crippen molar-refractivity contribution < 1.29 is 10.0 Å². The lowest BCUT2D eigenvalue weighted by Crippen LogP contribution is -2.48. The Labute approximate surface area is 76.0 Å². The minimum Gasteiger partial charge on any atom is -0.387 e. The Hall–Kier alpha value is -1.01. The van der Waals surface area contributed by atoms with E-state index in [1.165, 1.54) is 11.1 Å². The van der Waals surface area contributed by atoms with E-state index in [0.717, 1.165) is 0 Å². The molecule has 1 aliphatic rings. The maximum atomic E-state index is 10.5. The molecule has 6 heteroatoms. The number of likely N-dealkylation sites (N-methyl/N-ethyl adjacent to an activating group) is 1. The van der Waals surface area contributed by atoms with Crippen LogP contribution in [0.4, 0.5) is 0 Å². The Morgan fingerprint density at radius 3 is 2.46 bits per heavy atom. The second-order valence-corrected chi connectivity index (χ2v) is 3.69. The fraction of sp³-hybridized carbons (Fsp3) is 0.857. The van der Waals surface area contributed by atoms with E-state index in [-0.39, 0.29) is 0 Å². The van der Waals surface area contributed by atoms with Gasteiger partial charge in [-0.1, -0.05) is 0 Å². The van der Waals surface area contributed by atoms with Crippen LogP contribution >= 0.6 is 0 Å². The first-order valence-corrected chi connectivity index (χ1v) is 3.95. The van der Waals surface area contributed by atoms with E-state index in [0.29, 0.717) is 0 Å². The third kappa shape index (κ3) is 1.84.